The molecule has 4 heteroatoms. The van der Waals surface area contributed by atoms with E-state index in [2.05, 4.69) is 51.3 Å². The van der Waals surface area contributed by atoms with E-state index in [-0.39, 0.29) is 11.5 Å². The summed E-state index contributed by atoms with van der Waals surface area (Å²) in [7, 11) is 0. The second-order valence-corrected chi connectivity index (χ2v) is 6.80. The third-order valence-electron chi connectivity index (χ3n) is 3.81. The van der Waals surface area contributed by atoms with Crippen molar-refractivity contribution in [1.29, 1.82) is 0 Å². The van der Waals surface area contributed by atoms with Crippen LogP contribution in [0.15, 0.2) is 23.2 Å². The molecule has 0 radical (unpaired) electrons. The number of allylic oxidation sites excluding steroid dienone is 1. The summed E-state index contributed by atoms with van der Waals surface area (Å²) in [4.78, 5) is 4.88. The normalized spacial score (nSPS) is 21.1. The zero-order valence-corrected chi connectivity index (χ0v) is 13.8. The van der Waals surface area contributed by atoms with Gasteiger partial charge in [-0.05, 0) is 32.4 Å². The largest absolute Gasteiger partial charge is 0.385 e. The van der Waals surface area contributed by atoms with Crippen LogP contribution in [-0.4, -0.2) is 29.5 Å². The number of ether oxygens (including phenoxy) is 1. The minimum atomic E-state index is -0.0395. The number of aromatic nitrogens is 1. The summed E-state index contributed by atoms with van der Waals surface area (Å²) in [5, 5.41) is 0. The molecule has 0 saturated carbocycles. The molecule has 116 valence electrons. The average Bonchev–Trinajstić information content (AvgIpc) is 2.98. The molecule has 1 aliphatic heterocycles. The van der Waals surface area contributed by atoms with Crippen LogP contribution in [0.25, 0.3) is 5.82 Å². The molecule has 1 aromatic heterocycles. The Bertz CT molecular complexity index is 536. The molecule has 2 heterocycles. The van der Waals surface area contributed by atoms with Gasteiger partial charge in [-0.1, -0.05) is 20.8 Å². The highest BCUT2D eigenvalue weighted by atomic mass is 16.5. The lowest BCUT2D eigenvalue weighted by Crippen LogP contribution is -2.23. The third kappa shape index (κ3) is 3.76. The van der Waals surface area contributed by atoms with E-state index < -0.39 is 0 Å². The number of hydrogen-bond acceptors (Lipinski definition) is 3. The van der Waals surface area contributed by atoms with E-state index in [1.54, 1.807) is 0 Å². The third-order valence-corrected chi connectivity index (χ3v) is 3.81. The standard InChI is InChI=1S/C17H27N3O/c1-12-6-7-13(2)20(12)16(18)10-15(17(3,4)5)19-14-8-9-21-11-14/h6-7,10,14H,8-9,11,18H2,1-5H3/b16-10+,19-15?. The molecule has 4 nitrogen and oxygen atoms in total. The molecule has 2 rings (SSSR count). The average molecular weight is 289 g/mol. The fraction of sp³-hybridized carbons (Fsp3) is 0.588. The number of nitrogens with two attached hydrogens (primary N) is 1. The molecule has 1 atom stereocenters. The van der Waals surface area contributed by atoms with Crippen molar-refractivity contribution < 1.29 is 4.74 Å². The van der Waals surface area contributed by atoms with Crippen molar-refractivity contribution in [3.63, 3.8) is 0 Å². The van der Waals surface area contributed by atoms with Gasteiger partial charge in [0.2, 0.25) is 0 Å². The maximum Gasteiger partial charge on any atom is 0.109 e. The summed E-state index contributed by atoms with van der Waals surface area (Å²) in [5.74, 6) is 0.725. The van der Waals surface area contributed by atoms with Gasteiger partial charge in [-0.15, -0.1) is 0 Å². The van der Waals surface area contributed by atoms with Crippen LogP contribution in [0.4, 0.5) is 0 Å². The minimum absolute atomic E-state index is 0.0395. The van der Waals surface area contributed by atoms with Crippen LogP contribution < -0.4 is 5.73 Å². The first-order valence-corrected chi connectivity index (χ1v) is 7.57. The highest BCUT2D eigenvalue weighted by molar-refractivity contribution is 6.02. The van der Waals surface area contributed by atoms with Gasteiger partial charge in [-0.25, -0.2) is 0 Å². The van der Waals surface area contributed by atoms with Gasteiger partial charge in [0.05, 0.1) is 12.6 Å². The van der Waals surface area contributed by atoms with E-state index in [1.807, 2.05) is 6.08 Å². The van der Waals surface area contributed by atoms with Crippen molar-refractivity contribution in [3.05, 3.63) is 29.6 Å². The Morgan fingerprint density at radius 1 is 1.33 bits per heavy atom. The number of aryl methyl sites for hydroxylation is 2. The van der Waals surface area contributed by atoms with E-state index in [4.69, 9.17) is 15.5 Å². The fourth-order valence-corrected chi connectivity index (χ4v) is 2.55. The Kier molecular flexibility index (Phi) is 4.57. The Balaban J connectivity index is 2.36. The van der Waals surface area contributed by atoms with Crippen LogP contribution in [-0.2, 0) is 4.74 Å². The van der Waals surface area contributed by atoms with Gasteiger partial charge in [0, 0.05) is 35.2 Å². The summed E-state index contributed by atoms with van der Waals surface area (Å²) >= 11 is 0. The topological polar surface area (TPSA) is 52.5 Å². The summed E-state index contributed by atoms with van der Waals surface area (Å²) in [6.45, 7) is 12.1. The zero-order valence-electron chi connectivity index (χ0n) is 13.8. The van der Waals surface area contributed by atoms with Crippen LogP contribution in [0.5, 0.6) is 0 Å². The maximum absolute atomic E-state index is 6.32. The Hall–Kier alpha value is -1.55. The lowest BCUT2D eigenvalue weighted by molar-refractivity contribution is 0.194. The highest BCUT2D eigenvalue weighted by Crippen LogP contribution is 2.22. The van der Waals surface area contributed by atoms with E-state index in [9.17, 15) is 0 Å². The van der Waals surface area contributed by atoms with Gasteiger partial charge in [0.1, 0.15) is 5.82 Å². The number of nitrogens with zero attached hydrogens (tertiary/aromatic N) is 2. The van der Waals surface area contributed by atoms with Crippen molar-refractivity contribution >= 4 is 11.5 Å². The molecular weight excluding hydrogens is 262 g/mol. The SMILES string of the molecule is Cc1ccc(C)n1/C(N)=C/C(=NC1CCOC1)C(C)(C)C. The molecule has 21 heavy (non-hydrogen) atoms. The molecule has 0 bridgehead atoms. The Morgan fingerprint density at radius 3 is 2.43 bits per heavy atom. The van der Waals surface area contributed by atoms with Crippen molar-refractivity contribution in [2.24, 2.45) is 16.1 Å². The van der Waals surface area contributed by atoms with Crippen molar-refractivity contribution in [2.45, 2.75) is 47.1 Å². The van der Waals surface area contributed by atoms with E-state index in [1.165, 1.54) is 0 Å². The Labute approximate surface area is 127 Å². The summed E-state index contributed by atoms with van der Waals surface area (Å²) in [6, 6.07) is 4.42. The van der Waals surface area contributed by atoms with E-state index >= 15 is 0 Å². The lowest BCUT2D eigenvalue weighted by Gasteiger charge is -2.22. The van der Waals surface area contributed by atoms with E-state index in [0.29, 0.717) is 0 Å². The lowest BCUT2D eigenvalue weighted by atomic mass is 9.89. The maximum atomic E-state index is 6.32. The zero-order chi connectivity index (χ0) is 15.6. The first-order chi connectivity index (χ1) is 9.79. The number of aliphatic imine (C=N–C) groups is 1. The number of rotatable bonds is 3. The van der Waals surface area contributed by atoms with E-state index in [0.717, 1.165) is 42.6 Å². The molecule has 0 aliphatic carbocycles. The van der Waals surface area contributed by atoms with Gasteiger partial charge in [-0.2, -0.15) is 0 Å². The molecule has 1 saturated heterocycles. The van der Waals surface area contributed by atoms with Gasteiger partial charge in [0.25, 0.3) is 0 Å². The molecule has 1 aromatic rings. The minimum Gasteiger partial charge on any atom is -0.385 e. The second-order valence-electron chi connectivity index (χ2n) is 6.80. The smallest absolute Gasteiger partial charge is 0.109 e. The molecule has 1 fully saturated rings. The molecule has 0 spiro atoms. The monoisotopic (exact) mass is 289 g/mol. The van der Waals surface area contributed by atoms with Crippen molar-refractivity contribution in [3.8, 4) is 0 Å². The highest BCUT2D eigenvalue weighted by Gasteiger charge is 2.22. The summed E-state index contributed by atoms with van der Waals surface area (Å²) in [5.41, 5.74) is 9.59. The quantitative estimate of drug-likeness (QED) is 0.869. The molecule has 1 aliphatic rings. The van der Waals surface area contributed by atoms with Crippen LogP contribution in [0.1, 0.15) is 38.6 Å². The van der Waals surface area contributed by atoms with Gasteiger partial charge in [-0.3, -0.25) is 4.99 Å². The second kappa shape index (κ2) is 6.06. The van der Waals surface area contributed by atoms with Crippen molar-refractivity contribution in [2.75, 3.05) is 13.2 Å². The fourth-order valence-electron chi connectivity index (χ4n) is 2.55. The van der Waals surface area contributed by atoms with Crippen molar-refractivity contribution in [1.82, 2.24) is 4.57 Å². The molecular formula is C17H27N3O. The summed E-state index contributed by atoms with van der Waals surface area (Å²) in [6.07, 6.45) is 3.01. The predicted molar refractivity (Wildman–Crippen MR) is 88.5 cm³/mol. The van der Waals surface area contributed by atoms with Gasteiger partial charge in [0.15, 0.2) is 0 Å². The predicted octanol–water partition coefficient (Wildman–Crippen LogP) is 3.14. The Morgan fingerprint density at radius 2 is 1.95 bits per heavy atom. The molecule has 1 unspecified atom stereocenters. The van der Waals surface area contributed by atoms with Crippen LogP contribution in [0.3, 0.4) is 0 Å². The molecule has 0 amide bonds. The molecule has 2 N–H and O–H groups in total. The first kappa shape index (κ1) is 15.8. The number of hydrogen-bond donors (Lipinski definition) is 1. The van der Waals surface area contributed by atoms with Crippen LogP contribution in [0.2, 0.25) is 0 Å². The van der Waals surface area contributed by atoms with Crippen LogP contribution >= 0.6 is 0 Å². The summed E-state index contributed by atoms with van der Waals surface area (Å²) < 4.78 is 7.48. The van der Waals surface area contributed by atoms with Gasteiger partial charge >= 0.3 is 0 Å². The van der Waals surface area contributed by atoms with Crippen LogP contribution in [0, 0.1) is 19.3 Å². The first-order valence-electron chi connectivity index (χ1n) is 7.57. The van der Waals surface area contributed by atoms with Gasteiger partial charge < -0.3 is 15.0 Å². The molecule has 0 aromatic carbocycles.